The fraction of sp³-hybridized carbons (Fsp3) is 0.231. The number of aromatic nitrogens is 5. The molecule has 38 heavy (non-hydrogen) atoms. The highest BCUT2D eigenvalue weighted by Crippen LogP contribution is 2.37. The van der Waals surface area contributed by atoms with E-state index < -0.39 is 18.0 Å². The van der Waals surface area contributed by atoms with Crippen molar-refractivity contribution in [2.24, 2.45) is 0 Å². The first-order valence-electron chi connectivity index (χ1n) is 11.7. The molecule has 0 radical (unpaired) electrons. The molecule has 0 saturated heterocycles. The summed E-state index contributed by atoms with van der Waals surface area (Å²) in [6.45, 7) is 5.31. The van der Waals surface area contributed by atoms with Crippen molar-refractivity contribution in [3.8, 4) is 16.3 Å². The molecule has 0 aliphatic carbocycles. The molecule has 12 heteroatoms. The van der Waals surface area contributed by atoms with Gasteiger partial charge in [-0.25, -0.2) is 29.1 Å². The Morgan fingerprint density at radius 2 is 1.84 bits per heavy atom. The van der Waals surface area contributed by atoms with Crippen molar-refractivity contribution in [1.29, 1.82) is 0 Å². The van der Waals surface area contributed by atoms with E-state index in [1.54, 1.807) is 33.2 Å². The van der Waals surface area contributed by atoms with Gasteiger partial charge in [-0.05, 0) is 38.5 Å². The average molecular weight is 534 g/mol. The standard InChI is InChI=1S/C26H24FN7O3S/c1-13-5-17(24-20(6-13)33-23(28-4)11-31-24)25-34-19-7-18(27)21(8-22(19)38-25)37-14(2)12-36-26(35)32-16-9-29-15(3)30-10-16/h5-11,14H,12H2,1-4H3,(H,28,33)(H,32,35)/t14-/m0/s1. The summed E-state index contributed by atoms with van der Waals surface area (Å²) < 4.78 is 26.6. The second-order valence-electron chi connectivity index (χ2n) is 8.63. The summed E-state index contributed by atoms with van der Waals surface area (Å²) in [6, 6.07) is 6.90. The molecule has 5 aromatic rings. The molecule has 1 atom stereocenters. The van der Waals surface area contributed by atoms with E-state index in [1.165, 1.54) is 29.8 Å². The van der Waals surface area contributed by atoms with Crippen LogP contribution in [0.3, 0.4) is 0 Å². The third kappa shape index (κ3) is 5.44. The number of nitrogens with zero attached hydrogens (tertiary/aromatic N) is 5. The van der Waals surface area contributed by atoms with Gasteiger partial charge < -0.3 is 14.8 Å². The summed E-state index contributed by atoms with van der Waals surface area (Å²) in [4.78, 5) is 33.9. The number of hydrogen-bond donors (Lipinski definition) is 2. The summed E-state index contributed by atoms with van der Waals surface area (Å²) in [5, 5.41) is 6.23. The monoisotopic (exact) mass is 533 g/mol. The number of carbonyl (C=O) groups is 1. The molecule has 10 nitrogen and oxygen atoms in total. The molecule has 0 unspecified atom stereocenters. The number of ether oxygens (including phenoxy) is 2. The minimum Gasteiger partial charge on any atom is -0.484 e. The number of aryl methyl sites for hydroxylation is 2. The first-order chi connectivity index (χ1) is 18.3. The molecule has 2 N–H and O–H groups in total. The minimum atomic E-state index is -0.689. The zero-order valence-corrected chi connectivity index (χ0v) is 21.9. The summed E-state index contributed by atoms with van der Waals surface area (Å²) in [5.74, 6) is 0.739. The van der Waals surface area contributed by atoms with E-state index in [0.29, 0.717) is 33.4 Å². The van der Waals surface area contributed by atoms with E-state index in [4.69, 9.17) is 9.47 Å². The van der Waals surface area contributed by atoms with E-state index in [1.807, 2.05) is 19.1 Å². The number of hydrogen-bond acceptors (Lipinski definition) is 10. The van der Waals surface area contributed by atoms with Crippen LogP contribution in [0.2, 0.25) is 0 Å². The normalized spacial score (nSPS) is 11.9. The van der Waals surface area contributed by atoms with E-state index in [-0.39, 0.29) is 12.4 Å². The molecule has 0 spiro atoms. The van der Waals surface area contributed by atoms with Gasteiger partial charge >= 0.3 is 6.09 Å². The van der Waals surface area contributed by atoms with Crippen molar-refractivity contribution < 1.29 is 18.7 Å². The van der Waals surface area contributed by atoms with Crippen molar-refractivity contribution in [2.45, 2.75) is 26.9 Å². The zero-order chi connectivity index (χ0) is 26.8. The number of fused-ring (bicyclic) bond motifs is 2. The zero-order valence-electron chi connectivity index (χ0n) is 21.1. The Morgan fingerprint density at radius 1 is 1.05 bits per heavy atom. The number of nitrogens with one attached hydrogen (secondary N) is 2. The molecule has 1 amide bonds. The van der Waals surface area contributed by atoms with Crippen molar-refractivity contribution in [2.75, 3.05) is 24.3 Å². The smallest absolute Gasteiger partial charge is 0.411 e. The van der Waals surface area contributed by atoms with Gasteiger partial charge in [0.05, 0.1) is 45.5 Å². The van der Waals surface area contributed by atoms with Gasteiger partial charge in [0.15, 0.2) is 11.6 Å². The van der Waals surface area contributed by atoms with Gasteiger partial charge in [0.25, 0.3) is 0 Å². The predicted molar refractivity (Wildman–Crippen MR) is 144 cm³/mol. The molecule has 194 valence electrons. The van der Waals surface area contributed by atoms with Gasteiger partial charge in [-0.3, -0.25) is 10.3 Å². The first kappa shape index (κ1) is 25.2. The summed E-state index contributed by atoms with van der Waals surface area (Å²) in [7, 11) is 1.79. The Kier molecular flexibility index (Phi) is 6.97. The van der Waals surface area contributed by atoms with Crippen LogP contribution in [0.1, 0.15) is 18.3 Å². The fourth-order valence-corrected chi connectivity index (χ4v) is 4.73. The Morgan fingerprint density at radius 3 is 2.61 bits per heavy atom. The van der Waals surface area contributed by atoms with Crippen LogP contribution in [-0.4, -0.2) is 50.8 Å². The van der Waals surface area contributed by atoms with Gasteiger partial charge in [0.2, 0.25) is 0 Å². The lowest BCUT2D eigenvalue weighted by atomic mass is 10.1. The van der Waals surface area contributed by atoms with Crippen LogP contribution in [-0.2, 0) is 4.74 Å². The molecule has 0 aliphatic rings. The minimum absolute atomic E-state index is 0.0451. The molecule has 3 aromatic heterocycles. The third-order valence-corrected chi connectivity index (χ3v) is 6.58. The Hall–Kier alpha value is -4.45. The maximum Gasteiger partial charge on any atom is 0.411 e. The maximum atomic E-state index is 14.9. The number of rotatable bonds is 7. The number of carbonyl (C=O) groups excluding carboxylic acids is 1. The van der Waals surface area contributed by atoms with Gasteiger partial charge in [-0.1, -0.05) is 0 Å². The molecular formula is C26H24FN7O3S. The van der Waals surface area contributed by atoms with Crippen LogP contribution in [0.5, 0.6) is 5.75 Å². The summed E-state index contributed by atoms with van der Waals surface area (Å²) in [6.07, 6.45) is 3.32. The largest absolute Gasteiger partial charge is 0.484 e. The molecule has 0 bridgehead atoms. The number of benzene rings is 2. The van der Waals surface area contributed by atoms with E-state index in [2.05, 4.69) is 35.6 Å². The van der Waals surface area contributed by atoms with Crippen molar-refractivity contribution in [1.82, 2.24) is 24.9 Å². The SMILES string of the molecule is CNc1cnc2c(-c3nc4cc(F)c(O[C@@H](C)COC(=O)Nc5cnc(C)nc5)cc4s3)cc(C)cc2n1. The lowest BCUT2D eigenvalue weighted by molar-refractivity contribution is 0.0969. The lowest BCUT2D eigenvalue weighted by Crippen LogP contribution is -2.24. The summed E-state index contributed by atoms with van der Waals surface area (Å²) >= 11 is 1.41. The van der Waals surface area contributed by atoms with E-state index in [0.717, 1.165) is 21.3 Å². The average Bonchev–Trinajstić information content (AvgIpc) is 3.30. The van der Waals surface area contributed by atoms with Gasteiger partial charge in [0.1, 0.15) is 29.4 Å². The van der Waals surface area contributed by atoms with Crippen LogP contribution >= 0.6 is 11.3 Å². The predicted octanol–water partition coefficient (Wildman–Crippen LogP) is 5.51. The summed E-state index contributed by atoms with van der Waals surface area (Å²) in [5.41, 5.74) is 4.21. The highest BCUT2D eigenvalue weighted by Gasteiger charge is 2.17. The van der Waals surface area contributed by atoms with Gasteiger partial charge in [-0.2, -0.15) is 0 Å². The van der Waals surface area contributed by atoms with Gasteiger partial charge in [-0.15, -0.1) is 11.3 Å². The number of anilines is 2. The topological polar surface area (TPSA) is 124 Å². The molecule has 0 fully saturated rings. The van der Waals surface area contributed by atoms with Crippen molar-refractivity contribution in [3.05, 3.63) is 60.1 Å². The highest BCUT2D eigenvalue weighted by molar-refractivity contribution is 7.21. The van der Waals surface area contributed by atoms with Crippen LogP contribution in [0.25, 0.3) is 31.8 Å². The Labute approximate surface area is 221 Å². The maximum absolute atomic E-state index is 14.9. The van der Waals surface area contributed by atoms with E-state index >= 15 is 0 Å². The molecule has 0 saturated carbocycles. The van der Waals surface area contributed by atoms with Crippen LogP contribution in [0, 0.1) is 19.7 Å². The second kappa shape index (κ2) is 10.5. The van der Waals surface area contributed by atoms with Gasteiger partial charge in [0, 0.05) is 24.7 Å². The fourth-order valence-electron chi connectivity index (χ4n) is 3.74. The molecule has 2 aromatic carbocycles. The van der Waals surface area contributed by atoms with Crippen LogP contribution in [0.15, 0.2) is 42.9 Å². The lowest BCUT2D eigenvalue weighted by Gasteiger charge is -2.15. The Bertz CT molecular complexity index is 1640. The number of thiazole rings is 1. The molecule has 3 heterocycles. The number of amides is 1. The quantitative estimate of drug-likeness (QED) is 0.279. The van der Waals surface area contributed by atoms with Crippen LogP contribution in [0.4, 0.5) is 20.7 Å². The molecular weight excluding hydrogens is 509 g/mol. The van der Waals surface area contributed by atoms with Crippen molar-refractivity contribution >= 4 is 50.2 Å². The second-order valence-corrected chi connectivity index (χ2v) is 9.66. The molecule has 5 rings (SSSR count). The number of halogens is 1. The highest BCUT2D eigenvalue weighted by atomic mass is 32.1. The van der Waals surface area contributed by atoms with E-state index in [9.17, 15) is 9.18 Å². The third-order valence-electron chi connectivity index (χ3n) is 5.52. The molecule has 0 aliphatic heterocycles. The Balaban J connectivity index is 1.32. The van der Waals surface area contributed by atoms with Crippen LogP contribution < -0.4 is 15.4 Å². The first-order valence-corrected chi connectivity index (χ1v) is 12.6. The van der Waals surface area contributed by atoms with Crippen molar-refractivity contribution in [3.63, 3.8) is 0 Å².